The normalized spacial score (nSPS) is 14.5. The first kappa shape index (κ1) is 14.6. The number of carbonyl (C=O) groups excluding carboxylic acids is 1. The fraction of sp³-hybridized carbons (Fsp3) is 0.500. The monoisotopic (exact) mass is 252 g/mol. The van der Waals surface area contributed by atoms with Crippen molar-refractivity contribution >= 4 is 5.91 Å². The molecule has 0 saturated carbocycles. The Morgan fingerprint density at radius 1 is 1.50 bits per heavy atom. The SMILES string of the molecule is CCC(NCC(C)C)(C(N)=O)c1cccc(F)c1. The molecule has 1 rings (SSSR count). The fourth-order valence-electron chi connectivity index (χ4n) is 1.97. The van der Waals surface area contributed by atoms with Gasteiger partial charge >= 0.3 is 0 Å². The summed E-state index contributed by atoms with van der Waals surface area (Å²) in [6, 6.07) is 6.04. The molecule has 0 saturated heterocycles. The number of rotatable bonds is 6. The maximum atomic E-state index is 13.3. The Kier molecular flexibility index (Phi) is 4.84. The minimum atomic E-state index is -0.994. The molecule has 1 unspecified atom stereocenters. The fourth-order valence-corrected chi connectivity index (χ4v) is 1.97. The Labute approximate surface area is 108 Å². The topological polar surface area (TPSA) is 55.1 Å². The molecule has 0 aliphatic heterocycles. The molecule has 3 N–H and O–H groups in total. The molecule has 1 amide bonds. The Hall–Kier alpha value is -1.42. The summed E-state index contributed by atoms with van der Waals surface area (Å²) in [7, 11) is 0. The molecule has 0 aliphatic carbocycles. The highest BCUT2D eigenvalue weighted by molar-refractivity contribution is 5.86. The van der Waals surface area contributed by atoms with Crippen LogP contribution in [0.4, 0.5) is 4.39 Å². The maximum Gasteiger partial charge on any atom is 0.242 e. The average Bonchev–Trinajstić information content (AvgIpc) is 2.29. The third-order valence-corrected chi connectivity index (χ3v) is 3.08. The molecule has 0 spiro atoms. The third kappa shape index (κ3) is 3.07. The minimum absolute atomic E-state index is 0.363. The van der Waals surface area contributed by atoms with Crippen LogP contribution >= 0.6 is 0 Å². The standard InChI is InChI=1S/C14H21FN2O/c1-4-14(13(16)18,17-9-10(2)3)11-6-5-7-12(15)8-11/h5-8,10,17H,4,9H2,1-3H3,(H2,16,18). The second-order valence-electron chi connectivity index (χ2n) is 4.91. The summed E-state index contributed by atoms with van der Waals surface area (Å²) in [4.78, 5) is 11.8. The van der Waals surface area contributed by atoms with Crippen LogP contribution in [0.25, 0.3) is 0 Å². The van der Waals surface area contributed by atoms with E-state index in [0.717, 1.165) is 0 Å². The summed E-state index contributed by atoms with van der Waals surface area (Å²) in [5.41, 5.74) is 5.11. The second-order valence-corrected chi connectivity index (χ2v) is 4.91. The molecule has 1 aromatic rings. The number of primary amides is 1. The molecule has 0 heterocycles. The molecule has 4 heteroatoms. The van der Waals surface area contributed by atoms with Crippen LogP contribution in [-0.4, -0.2) is 12.5 Å². The van der Waals surface area contributed by atoms with Gasteiger partial charge in [0.1, 0.15) is 11.4 Å². The number of nitrogens with one attached hydrogen (secondary N) is 1. The van der Waals surface area contributed by atoms with Gasteiger partial charge in [-0.25, -0.2) is 4.39 Å². The summed E-state index contributed by atoms with van der Waals surface area (Å²) in [6.07, 6.45) is 0.485. The van der Waals surface area contributed by atoms with E-state index in [-0.39, 0.29) is 5.82 Å². The lowest BCUT2D eigenvalue weighted by Gasteiger charge is -2.32. The first-order valence-electron chi connectivity index (χ1n) is 6.23. The van der Waals surface area contributed by atoms with Crippen molar-refractivity contribution in [2.75, 3.05) is 6.54 Å². The molecule has 0 aromatic heterocycles. The number of carbonyl (C=O) groups is 1. The lowest BCUT2D eigenvalue weighted by molar-refractivity contribution is -0.125. The lowest BCUT2D eigenvalue weighted by Crippen LogP contribution is -2.53. The van der Waals surface area contributed by atoms with Crippen molar-refractivity contribution in [3.8, 4) is 0 Å². The van der Waals surface area contributed by atoms with E-state index >= 15 is 0 Å². The van der Waals surface area contributed by atoms with Crippen molar-refractivity contribution in [3.05, 3.63) is 35.6 Å². The van der Waals surface area contributed by atoms with E-state index in [1.54, 1.807) is 12.1 Å². The van der Waals surface area contributed by atoms with Crippen molar-refractivity contribution in [2.45, 2.75) is 32.7 Å². The number of nitrogens with two attached hydrogens (primary N) is 1. The predicted molar refractivity (Wildman–Crippen MR) is 70.4 cm³/mol. The van der Waals surface area contributed by atoms with E-state index in [9.17, 15) is 9.18 Å². The molecule has 18 heavy (non-hydrogen) atoms. The second kappa shape index (κ2) is 5.96. The quantitative estimate of drug-likeness (QED) is 0.815. The van der Waals surface area contributed by atoms with Gasteiger partial charge in [0.05, 0.1) is 0 Å². The first-order chi connectivity index (χ1) is 8.42. The molecular formula is C14H21FN2O. The molecule has 0 bridgehead atoms. The highest BCUT2D eigenvalue weighted by atomic mass is 19.1. The van der Waals surface area contributed by atoms with Gasteiger partial charge in [0.15, 0.2) is 0 Å². The lowest BCUT2D eigenvalue weighted by atomic mass is 9.86. The highest BCUT2D eigenvalue weighted by Crippen LogP contribution is 2.25. The van der Waals surface area contributed by atoms with E-state index < -0.39 is 11.4 Å². The Morgan fingerprint density at radius 2 is 2.17 bits per heavy atom. The van der Waals surface area contributed by atoms with Gasteiger partial charge < -0.3 is 5.73 Å². The molecule has 1 aromatic carbocycles. The van der Waals surface area contributed by atoms with Crippen LogP contribution < -0.4 is 11.1 Å². The van der Waals surface area contributed by atoms with E-state index in [4.69, 9.17) is 5.73 Å². The van der Waals surface area contributed by atoms with Gasteiger partial charge in [-0.05, 0) is 36.6 Å². The van der Waals surface area contributed by atoms with Gasteiger partial charge in [-0.3, -0.25) is 10.1 Å². The minimum Gasteiger partial charge on any atom is -0.368 e. The van der Waals surface area contributed by atoms with Crippen molar-refractivity contribution < 1.29 is 9.18 Å². The molecule has 0 fully saturated rings. The summed E-state index contributed by atoms with van der Waals surface area (Å²) in [5.74, 6) is -0.460. The van der Waals surface area contributed by atoms with Crippen molar-refractivity contribution in [2.24, 2.45) is 11.7 Å². The number of halogens is 1. The zero-order chi connectivity index (χ0) is 13.8. The molecule has 3 nitrogen and oxygen atoms in total. The number of hydrogen-bond donors (Lipinski definition) is 2. The summed E-state index contributed by atoms with van der Waals surface area (Å²) in [5, 5.41) is 3.18. The van der Waals surface area contributed by atoms with Gasteiger partial charge in [-0.15, -0.1) is 0 Å². The van der Waals surface area contributed by atoms with E-state index in [0.29, 0.717) is 24.4 Å². The third-order valence-electron chi connectivity index (χ3n) is 3.08. The van der Waals surface area contributed by atoms with Gasteiger partial charge in [-0.1, -0.05) is 32.9 Å². The van der Waals surface area contributed by atoms with Crippen LogP contribution in [-0.2, 0) is 10.3 Å². The molecule has 0 aliphatic rings. The zero-order valence-electron chi connectivity index (χ0n) is 11.2. The highest BCUT2D eigenvalue weighted by Gasteiger charge is 2.36. The number of amides is 1. The average molecular weight is 252 g/mol. The molecule has 1 atom stereocenters. The van der Waals surface area contributed by atoms with Gasteiger partial charge in [0, 0.05) is 0 Å². The first-order valence-corrected chi connectivity index (χ1v) is 6.23. The Morgan fingerprint density at radius 3 is 2.61 bits per heavy atom. The van der Waals surface area contributed by atoms with Gasteiger partial charge in [-0.2, -0.15) is 0 Å². The summed E-state index contributed by atoms with van der Waals surface area (Å²) < 4.78 is 13.3. The smallest absolute Gasteiger partial charge is 0.242 e. The van der Waals surface area contributed by atoms with E-state index in [2.05, 4.69) is 5.32 Å². The Bertz CT molecular complexity index is 420. The van der Waals surface area contributed by atoms with Crippen LogP contribution in [0.3, 0.4) is 0 Å². The maximum absolute atomic E-state index is 13.3. The molecular weight excluding hydrogens is 231 g/mol. The summed E-state index contributed by atoms with van der Waals surface area (Å²) in [6.45, 7) is 6.59. The zero-order valence-corrected chi connectivity index (χ0v) is 11.2. The van der Waals surface area contributed by atoms with Crippen LogP contribution in [0, 0.1) is 11.7 Å². The van der Waals surface area contributed by atoms with E-state index in [1.807, 2.05) is 20.8 Å². The predicted octanol–water partition coefficient (Wildman–Crippen LogP) is 2.16. The van der Waals surface area contributed by atoms with Gasteiger partial charge in [0.25, 0.3) is 0 Å². The van der Waals surface area contributed by atoms with Crippen molar-refractivity contribution in [1.29, 1.82) is 0 Å². The van der Waals surface area contributed by atoms with Gasteiger partial charge in [0.2, 0.25) is 5.91 Å². The number of benzene rings is 1. The summed E-state index contributed by atoms with van der Waals surface area (Å²) >= 11 is 0. The molecule has 0 radical (unpaired) electrons. The van der Waals surface area contributed by atoms with Crippen molar-refractivity contribution in [3.63, 3.8) is 0 Å². The van der Waals surface area contributed by atoms with Crippen LogP contribution in [0.5, 0.6) is 0 Å². The van der Waals surface area contributed by atoms with E-state index in [1.165, 1.54) is 12.1 Å². The number of hydrogen-bond acceptors (Lipinski definition) is 2. The van der Waals surface area contributed by atoms with Crippen LogP contribution in [0.15, 0.2) is 24.3 Å². The largest absolute Gasteiger partial charge is 0.368 e. The molecule has 100 valence electrons. The van der Waals surface area contributed by atoms with Crippen LogP contribution in [0.1, 0.15) is 32.8 Å². The van der Waals surface area contributed by atoms with Crippen LogP contribution in [0.2, 0.25) is 0 Å². The Balaban J connectivity index is 3.14. The van der Waals surface area contributed by atoms with Crippen molar-refractivity contribution in [1.82, 2.24) is 5.32 Å².